The normalized spacial score (nSPS) is 24.6. The van der Waals surface area contributed by atoms with Crippen LogP contribution < -0.4 is 31.1 Å². The van der Waals surface area contributed by atoms with Crippen LogP contribution in [-0.4, -0.2) is 91.8 Å². The van der Waals surface area contributed by atoms with Crippen molar-refractivity contribution in [3.8, 4) is 5.75 Å². The molecule has 17 heteroatoms. The fourth-order valence-corrected chi connectivity index (χ4v) is 10.4. The lowest BCUT2D eigenvalue weighted by molar-refractivity contribution is -0.134. The number of fused-ring (bicyclic) bond motifs is 4. The van der Waals surface area contributed by atoms with Crippen molar-refractivity contribution in [2.45, 2.75) is 88.1 Å². The Hall–Kier alpha value is -5.35. The van der Waals surface area contributed by atoms with Gasteiger partial charge < -0.3 is 29.7 Å². The number of imide groups is 1. The van der Waals surface area contributed by atoms with Crippen LogP contribution in [0.15, 0.2) is 47.4 Å². The number of halogens is 3. The third kappa shape index (κ3) is 7.52. The molecule has 5 aliphatic rings. The minimum absolute atomic E-state index is 0.103. The molecule has 62 heavy (non-hydrogen) atoms. The summed E-state index contributed by atoms with van der Waals surface area (Å²) in [5.41, 5.74) is 4.07. The Morgan fingerprint density at radius 1 is 0.968 bits per heavy atom. The molecule has 2 amide bonds. The number of alkyl halides is 2. The second-order valence-corrected chi connectivity index (χ2v) is 18.5. The summed E-state index contributed by atoms with van der Waals surface area (Å²) in [6, 6.07) is 11.3. The molecule has 3 aromatic heterocycles. The lowest BCUT2D eigenvalue weighted by Gasteiger charge is -2.41. The third-order valence-electron chi connectivity index (χ3n) is 14.0. The van der Waals surface area contributed by atoms with Gasteiger partial charge in [-0.3, -0.25) is 24.4 Å². The van der Waals surface area contributed by atoms with Crippen molar-refractivity contribution in [1.29, 1.82) is 0 Å². The molecule has 3 saturated heterocycles. The van der Waals surface area contributed by atoms with Crippen molar-refractivity contribution < 1.29 is 23.1 Å². The average Bonchev–Trinajstić information content (AvgIpc) is 4.06. The molecule has 14 nitrogen and oxygen atoms in total. The van der Waals surface area contributed by atoms with Gasteiger partial charge in [0, 0.05) is 62.7 Å². The van der Waals surface area contributed by atoms with Crippen molar-refractivity contribution >= 4 is 68.4 Å². The van der Waals surface area contributed by atoms with Gasteiger partial charge >= 0.3 is 5.92 Å². The van der Waals surface area contributed by atoms with Gasteiger partial charge in [-0.1, -0.05) is 23.7 Å². The van der Waals surface area contributed by atoms with E-state index < -0.39 is 30.0 Å². The number of benzene rings is 2. The molecular weight excluding hydrogens is 818 g/mol. The minimum atomic E-state index is -3.13. The molecule has 4 aliphatic heterocycles. The molecule has 326 valence electrons. The summed E-state index contributed by atoms with van der Waals surface area (Å²) in [5.74, 6) is -2.33. The van der Waals surface area contributed by atoms with Crippen LogP contribution in [0.3, 0.4) is 0 Å². The van der Waals surface area contributed by atoms with Gasteiger partial charge in [0.05, 0.1) is 40.6 Å². The van der Waals surface area contributed by atoms with Gasteiger partial charge in [0.2, 0.25) is 23.5 Å². The van der Waals surface area contributed by atoms with Crippen LogP contribution in [0.25, 0.3) is 21.8 Å². The predicted molar refractivity (Wildman–Crippen MR) is 234 cm³/mol. The standard InChI is InChI=1S/C45H51ClF2N10O4/c1-24-18-28(27-6-8-30-35(19-27)56(3)54-37(30)31-9-11-36(59)51-42(31)60)14-17-58(24)22-25-12-15-57(16-13-25)44-49-21-33(46)41(53-44)50-29-7-10-34-32(20-29)38-39(43(61)55(34)2)62-23-45(47,48)40(52-38)26-4-5-26/h6-8,10,19-21,24-26,28,31,40,52H,4-5,9,11-18,22-23H2,1-3H3,(H,49,50,53)(H,51,59,60)/t24-,28?,31?,40-/m0/s1. The zero-order valence-electron chi connectivity index (χ0n) is 35.1. The lowest BCUT2D eigenvalue weighted by atomic mass is 9.84. The molecule has 5 aromatic rings. The van der Waals surface area contributed by atoms with Gasteiger partial charge in [-0.05, 0) is 106 Å². The smallest absolute Gasteiger partial charge is 0.301 e. The number of hydrogen-bond acceptors (Lipinski definition) is 11. The summed E-state index contributed by atoms with van der Waals surface area (Å²) < 4.78 is 39.2. The summed E-state index contributed by atoms with van der Waals surface area (Å²) in [6.45, 7) is 5.18. The van der Waals surface area contributed by atoms with E-state index in [1.165, 1.54) is 10.1 Å². The molecule has 1 aliphatic carbocycles. The maximum absolute atomic E-state index is 15.2. The van der Waals surface area contributed by atoms with Gasteiger partial charge in [-0.25, -0.2) is 13.8 Å². The van der Waals surface area contributed by atoms with Crippen LogP contribution >= 0.6 is 11.6 Å². The fourth-order valence-electron chi connectivity index (χ4n) is 10.2. The number of piperidine rings is 3. The first kappa shape index (κ1) is 40.7. The molecule has 1 saturated carbocycles. The highest BCUT2D eigenvalue weighted by Crippen LogP contribution is 2.46. The number of nitrogens with one attached hydrogen (secondary N) is 3. The monoisotopic (exact) mass is 868 g/mol. The Balaban J connectivity index is 0.774. The Kier molecular flexibility index (Phi) is 10.4. The molecule has 4 atom stereocenters. The number of ether oxygens (including phenoxy) is 1. The topological polar surface area (TPSA) is 152 Å². The molecule has 2 unspecified atom stereocenters. The van der Waals surface area contributed by atoms with Gasteiger partial charge in [0.15, 0.2) is 12.4 Å². The summed E-state index contributed by atoms with van der Waals surface area (Å²) in [6.07, 6.45) is 7.97. The largest absolute Gasteiger partial charge is 0.480 e. The highest BCUT2D eigenvalue weighted by molar-refractivity contribution is 6.33. The van der Waals surface area contributed by atoms with E-state index >= 15 is 8.78 Å². The first-order valence-electron chi connectivity index (χ1n) is 21.8. The van der Waals surface area contributed by atoms with E-state index in [1.807, 2.05) is 23.9 Å². The van der Waals surface area contributed by atoms with E-state index in [0.717, 1.165) is 68.5 Å². The van der Waals surface area contributed by atoms with Crippen LogP contribution in [0.5, 0.6) is 5.75 Å². The van der Waals surface area contributed by atoms with Crippen LogP contribution in [-0.2, 0) is 23.7 Å². The second kappa shape index (κ2) is 15.8. The fraction of sp³-hybridized carbons (Fsp3) is 0.511. The second-order valence-electron chi connectivity index (χ2n) is 18.1. The molecular formula is C45H51ClF2N10O4. The molecule has 7 heterocycles. The number of aromatic nitrogens is 5. The van der Waals surface area contributed by atoms with Crippen LogP contribution in [0.2, 0.25) is 5.02 Å². The van der Waals surface area contributed by atoms with Crippen molar-refractivity contribution in [1.82, 2.24) is 34.5 Å². The van der Waals surface area contributed by atoms with E-state index in [4.69, 9.17) is 26.4 Å². The summed E-state index contributed by atoms with van der Waals surface area (Å²) in [5, 5.41) is 15.5. The van der Waals surface area contributed by atoms with E-state index in [2.05, 4.69) is 55.9 Å². The first-order chi connectivity index (χ1) is 29.8. The maximum Gasteiger partial charge on any atom is 0.301 e. The highest BCUT2D eigenvalue weighted by Gasteiger charge is 2.51. The van der Waals surface area contributed by atoms with Crippen LogP contribution in [0, 0.1) is 11.8 Å². The van der Waals surface area contributed by atoms with E-state index in [1.54, 1.807) is 19.3 Å². The van der Waals surface area contributed by atoms with Crippen LogP contribution in [0.1, 0.15) is 81.4 Å². The van der Waals surface area contributed by atoms with Crippen LogP contribution in [0.4, 0.5) is 31.9 Å². The molecule has 0 bridgehead atoms. The number of carbonyl (C=O) groups excluding carboxylic acids is 2. The quantitative estimate of drug-likeness (QED) is 0.141. The third-order valence-corrected chi connectivity index (χ3v) is 14.2. The van der Waals surface area contributed by atoms with E-state index in [0.29, 0.717) is 76.9 Å². The lowest BCUT2D eigenvalue weighted by Crippen LogP contribution is -2.45. The molecule has 10 rings (SSSR count). The maximum atomic E-state index is 15.2. The average molecular weight is 869 g/mol. The Morgan fingerprint density at radius 2 is 1.77 bits per heavy atom. The van der Waals surface area contributed by atoms with E-state index in [9.17, 15) is 14.4 Å². The highest BCUT2D eigenvalue weighted by atomic mass is 35.5. The number of nitrogens with zero attached hydrogens (tertiary/aromatic N) is 7. The number of pyridine rings is 1. The van der Waals surface area contributed by atoms with Crippen molar-refractivity contribution in [3.63, 3.8) is 0 Å². The van der Waals surface area contributed by atoms with Crippen molar-refractivity contribution in [2.24, 2.45) is 25.9 Å². The Labute approximate surface area is 362 Å². The molecule has 0 spiro atoms. The Morgan fingerprint density at radius 3 is 2.53 bits per heavy atom. The number of amides is 2. The van der Waals surface area contributed by atoms with E-state index in [-0.39, 0.29) is 29.2 Å². The van der Waals surface area contributed by atoms with Gasteiger partial charge in [0.1, 0.15) is 5.02 Å². The Bertz CT molecular complexity index is 2660. The number of aryl methyl sites for hydroxylation is 2. The van der Waals surface area contributed by atoms with Crippen molar-refractivity contribution in [2.75, 3.05) is 48.3 Å². The summed E-state index contributed by atoms with van der Waals surface area (Å²) in [7, 11) is 3.53. The summed E-state index contributed by atoms with van der Waals surface area (Å²) in [4.78, 5) is 51.9. The number of rotatable bonds is 8. The number of anilines is 4. The minimum Gasteiger partial charge on any atom is -0.480 e. The molecule has 2 aromatic carbocycles. The van der Waals surface area contributed by atoms with Crippen molar-refractivity contribution in [3.05, 3.63) is 69.2 Å². The molecule has 4 fully saturated rings. The first-order valence-corrected chi connectivity index (χ1v) is 22.2. The van der Waals surface area contributed by atoms with Gasteiger partial charge in [0.25, 0.3) is 5.56 Å². The predicted octanol–water partition coefficient (Wildman–Crippen LogP) is 6.84. The zero-order valence-corrected chi connectivity index (χ0v) is 35.9. The SMILES string of the molecule is C[C@H]1CC(c2ccc3c(C4CCC(=O)NC4=O)nn(C)c3c2)CCN1CC1CCN(c2ncc(Cl)c(Nc3ccc4c(c3)c3c(c(=O)n4C)OCC(F)(F)[C@H](C4CC4)N3)n2)CC1. The molecule has 0 radical (unpaired) electrons. The summed E-state index contributed by atoms with van der Waals surface area (Å²) >= 11 is 6.65. The molecule has 3 N–H and O–H groups in total. The number of carbonyl (C=O) groups is 2. The van der Waals surface area contributed by atoms with Gasteiger partial charge in [-0.2, -0.15) is 10.1 Å². The zero-order chi connectivity index (χ0) is 43.0. The number of hydrogen-bond donors (Lipinski definition) is 3. The number of likely N-dealkylation sites (tertiary alicyclic amines) is 1. The van der Waals surface area contributed by atoms with Gasteiger partial charge in [-0.15, -0.1) is 0 Å².